The Balaban J connectivity index is 1.55. The summed E-state index contributed by atoms with van der Waals surface area (Å²) in [5.41, 5.74) is 2.08. The first-order valence-corrected chi connectivity index (χ1v) is 11.7. The molecule has 0 unspecified atom stereocenters. The third-order valence-electron chi connectivity index (χ3n) is 5.90. The van der Waals surface area contributed by atoms with E-state index in [0.29, 0.717) is 19.8 Å². The van der Waals surface area contributed by atoms with Gasteiger partial charge in [0.15, 0.2) is 11.6 Å². The highest BCUT2D eigenvalue weighted by Crippen LogP contribution is 2.37. The summed E-state index contributed by atoms with van der Waals surface area (Å²) in [4.78, 5) is 0. The van der Waals surface area contributed by atoms with Gasteiger partial charge in [-0.05, 0) is 38.8 Å². The molecule has 0 aromatic heterocycles. The molecule has 0 spiro atoms. The topological polar surface area (TPSA) is 55.4 Å². The van der Waals surface area contributed by atoms with Gasteiger partial charge < -0.3 is 28.4 Å². The van der Waals surface area contributed by atoms with Crippen molar-refractivity contribution in [3.63, 3.8) is 0 Å². The highest BCUT2D eigenvalue weighted by molar-refractivity contribution is 5.15. The second-order valence-electron chi connectivity index (χ2n) is 9.58. The number of benzene rings is 2. The van der Waals surface area contributed by atoms with Crippen LogP contribution in [0, 0.1) is 12.3 Å². The normalized spacial score (nSPS) is 27.2. The average molecular weight is 467 g/mol. The van der Waals surface area contributed by atoms with Crippen molar-refractivity contribution in [3.05, 3.63) is 71.8 Å². The third-order valence-corrected chi connectivity index (χ3v) is 5.90. The Morgan fingerprint density at radius 3 is 1.91 bits per heavy atom. The maximum Gasteiger partial charge on any atom is 0.164 e. The molecule has 0 saturated carbocycles. The number of hydrogen-bond acceptors (Lipinski definition) is 6. The zero-order valence-electron chi connectivity index (χ0n) is 20.3. The van der Waals surface area contributed by atoms with Crippen LogP contribution < -0.4 is 0 Å². The molecule has 34 heavy (non-hydrogen) atoms. The number of rotatable bonds is 9. The second kappa shape index (κ2) is 10.6. The summed E-state index contributed by atoms with van der Waals surface area (Å²) in [5, 5.41) is 0. The maximum absolute atomic E-state index is 6.44. The fourth-order valence-corrected chi connectivity index (χ4v) is 4.36. The van der Waals surface area contributed by atoms with E-state index in [0.717, 1.165) is 11.1 Å². The molecule has 182 valence electrons. The fourth-order valence-electron chi connectivity index (χ4n) is 4.36. The Bertz CT molecular complexity index is 952. The van der Waals surface area contributed by atoms with E-state index in [-0.39, 0.29) is 6.10 Å². The predicted molar refractivity (Wildman–Crippen MR) is 128 cm³/mol. The van der Waals surface area contributed by atoms with Gasteiger partial charge >= 0.3 is 0 Å². The lowest BCUT2D eigenvalue weighted by atomic mass is 9.99. The number of hydrogen-bond donors (Lipinski definition) is 0. The Hall–Kier alpha value is -2.24. The number of terminal acetylenes is 1. The largest absolute Gasteiger partial charge is 0.368 e. The molecule has 2 aromatic rings. The summed E-state index contributed by atoms with van der Waals surface area (Å²) in [6.07, 6.45) is 3.40. The fraction of sp³-hybridized carbons (Fsp3) is 0.500. The Labute approximate surface area is 202 Å². The van der Waals surface area contributed by atoms with Crippen molar-refractivity contribution in [3.8, 4) is 12.3 Å². The lowest BCUT2D eigenvalue weighted by Crippen LogP contribution is -2.50. The van der Waals surface area contributed by atoms with Crippen LogP contribution in [0.3, 0.4) is 0 Å². The van der Waals surface area contributed by atoms with Crippen molar-refractivity contribution in [1.82, 2.24) is 0 Å². The molecule has 2 fully saturated rings. The lowest BCUT2D eigenvalue weighted by Gasteiger charge is -2.32. The van der Waals surface area contributed by atoms with E-state index in [4.69, 9.17) is 34.8 Å². The van der Waals surface area contributed by atoms with E-state index >= 15 is 0 Å². The summed E-state index contributed by atoms with van der Waals surface area (Å²) in [6.45, 7) is 8.66. The molecule has 2 aromatic carbocycles. The molecule has 0 bridgehead atoms. The zero-order valence-corrected chi connectivity index (χ0v) is 20.3. The van der Waals surface area contributed by atoms with Crippen LogP contribution in [0.5, 0.6) is 0 Å². The summed E-state index contributed by atoms with van der Waals surface area (Å²) >= 11 is 0. The van der Waals surface area contributed by atoms with Crippen LogP contribution in [0.15, 0.2) is 60.7 Å². The van der Waals surface area contributed by atoms with Gasteiger partial charge in [-0.3, -0.25) is 0 Å². The standard InChI is InChI=1S/C28H34O6/c1-6-22(29-17-20-13-9-7-10-14-20)25-26(34-28(4,5)33-25)24(23-19-31-27(2,3)32-23)30-18-21-15-11-8-12-16-21/h1,7-16,22-26H,17-19H2,2-5H3/t22-,23-,24-,25-,26+/m1/s1. The molecule has 0 radical (unpaired) electrons. The molecular weight excluding hydrogens is 432 g/mol. The second-order valence-corrected chi connectivity index (χ2v) is 9.58. The van der Waals surface area contributed by atoms with Crippen LogP contribution >= 0.6 is 0 Å². The summed E-state index contributed by atoms with van der Waals surface area (Å²) in [5.74, 6) is 1.20. The van der Waals surface area contributed by atoms with Gasteiger partial charge in [-0.25, -0.2) is 0 Å². The first-order valence-electron chi connectivity index (χ1n) is 11.7. The molecule has 2 aliphatic rings. The molecule has 2 saturated heterocycles. The third kappa shape index (κ3) is 6.25. The molecule has 6 heteroatoms. The van der Waals surface area contributed by atoms with Gasteiger partial charge in [0.25, 0.3) is 0 Å². The van der Waals surface area contributed by atoms with Crippen molar-refractivity contribution in [1.29, 1.82) is 0 Å². The van der Waals surface area contributed by atoms with E-state index in [1.807, 2.05) is 88.4 Å². The monoisotopic (exact) mass is 466 g/mol. The van der Waals surface area contributed by atoms with E-state index in [1.165, 1.54) is 0 Å². The minimum absolute atomic E-state index is 0.351. The van der Waals surface area contributed by atoms with Crippen molar-refractivity contribution in [2.24, 2.45) is 0 Å². The van der Waals surface area contributed by atoms with Crippen LogP contribution in [-0.4, -0.2) is 48.7 Å². The maximum atomic E-state index is 6.44. The Kier molecular flexibility index (Phi) is 7.73. The number of ether oxygens (including phenoxy) is 6. The van der Waals surface area contributed by atoms with Gasteiger partial charge in [0.05, 0.1) is 19.8 Å². The van der Waals surface area contributed by atoms with Crippen molar-refractivity contribution in [2.45, 2.75) is 83.0 Å². The van der Waals surface area contributed by atoms with Gasteiger partial charge in [0.1, 0.15) is 30.5 Å². The van der Waals surface area contributed by atoms with Gasteiger partial charge in [-0.1, -0.05) is 66.6 Å². The first kappa shape index (κ1) is 24.9. The molecule has 4 rings (SSSR count). The van der Waals surface area contributed by atoms with Crippen LogP contribution in [-0.2, 0) is 41.6 Å². The van der Waals surface area contributed by atoms with Crippen molar-refractivity contribution < 1.29 is 28.4 Å². The molecule has 2 aliphatic heterocycles. The molecule has 2 heterocycles. The molecule has 0 aliphatic carbocycles. The summed E-state index contributed by atoms with van der Waals surface area (Å²) in [6, 6.07) is 19.9. The van der Waals surface area contributed by atoms with Gasteiger partial charge in [-0.15, -0.1) is 6.42 Å². The van der Waals surface area contributed by atoms with Crippen molar-refractivity contribution in [2.75, 3.05) is 6.61 Å². The Morgan fingerprint density at radius 2 is 1.38 bits per heavy atom. The highest BCUT2D eigenvalue weighted by Gasteiger charge is 2.53. The van der Waals surface area contributed by atoms with Crippen LogP contribution in [0.2, 0.25) is 0 Å². The van der Waals surface area contributed by atoms with E-state index in [2.05, 4.69) is 5.92 Å². The van der Waals surface area contributed by atoms with Crippen molar-refractivity contribution >= 4 is 0 Å². The molecule has 0 amide bonds. The van der Waals surface area contributed by atoms with E-state index < -0.39 is 36.0 Å². The Morgan fingerprint density at radius 1 is 0.824 bits per heavy atom. The molecule has 0 N–H and O–H groups in total. The summed E-state index contributed by atoms with van der Waals surface area (Å²) in [7, 11) is 0. The summed E-state index contributed by atoms with van der Waals surface area (Å²) < 4.78 is 37.3. The van der Waals surface area contributed by atoms with E-state index in [9.17, 15) is 0 Å². The lowest BCUT2D eigenvalue weighted by molar-refractivity contribution is -0.190. The van der Waals surface area contributed by atoms with Crippen LogP contribution in [0.4, 0.5) is 0 Å². The minimum atomic E-state index is -0.857. The predicted octanol–water partition coefficient (Wildman–Crippen LogP) is 4.46. The van der Waals surface area contributed by atoms with Gasteiger partial charge in [-0.2, -0.15) is 0 Å². The first-order chi connectivity index (χ1) is 16.3. The highest BCUT2D eigenvalue weighted by atomic mass is 16.8. The zero-order chi connectivity index (χ0) is 24.2. The molecule has 6 nitrogen and oxygen atoms in total. The van der Waals surface area contributed by atoms with Gasteiger partial charge in [0, 0.05) is 0 Å². The smallest absolute Gasteiger partial charge is 0.164 e. The molecule has 5 atom stereocenters. The van der Waals surface area contributed by atoms with Gasteiger partial charge in [0.2, 0.25) is 0 Å². The molecular formula is C28H34O6. The van der Waals surface area contributed by atoms with E-state index in [1.54, 1.807) is 0 Å². The quantitative estimate of drug-likeness (QED) is 0.509. The average Bonchev–Trinajstić information content (AvgIpc) is 3.34. The minimum Gasteiger partial charge on any atom is -0.368 e. The van der Waals surface area contributed by atoms with Crippen LogP contribution in [0.25, 0.3) is 0 Å². The van der Waals surface area contributed by atoms with Crippen LogP contribution in [0.1, 0.15) is 38.8 Å². The SMILES string of the molecule is C#C[C@@H](OCc1ccccc1)[C@H]1OC(C)(C)O[C@H]1[C@H](OCc1ccccc1)[C@H]1COC(C)(C)O1.